The van der Waals surface area contributed by atoms with Crippen LogP contribution in [-0.2, 0) is 14.3 Å². The molecule has 5 nitrogen and oxygen atoms in total. The van der Waals surface area contributed by atoms with Gasteiger partial charge < -0.3 is 20.0 Å². The van der Waals surface area contributed by atoms with E-state index in [1.807, 2.05) is 0 Å². The summed E-state index contributed by atoms with van der Waals surface area (Å²) < 4.78 is 18.9. The molecule has 2 aliphatic heterocycles. The van der Waals surface area contributed by atoms with Crippen LogP contribution in [0.4, 0.5) is 10.1 Å². The van der Waals surface area contributed by atoms with Crippen LogP contribution in [0.5, 0.6) is 0 Å². The topological polar surface area (TPSA) is 78.5 Å². The molecular formula is C14H11FNO4-. The van der Waals surface area contributed by atoms with Crippen LogP contribution in [0.1, 0.15) is 0 Å². The molecule has 0 radical (unpaired) electrons. The highest BCUT2D eigenvalue weighted by Gasteiger charge is 2.50. The largest absolute Gasteiger partial charge is 0.550 e. The van der Waals surface area contributed by atoms with E-state index in [1.54, 1.807) is 18.2 Å². The lowest BCUT2D eigenvalue weighted by Gasteiger charge is -2.25. The molecule has 20 heavy (non-hydrogen) atoms. The number of carboxylic acids is 1. The molecule has 0 aromatic heterocycles. The molecule has 1 aromatic carbocycles. The van der Waals surface area contributed by atoms with Gasteiger partial charge in [-0.15, -0.1) is 0 Å². The van der Waals surface area contributed by atoms with Crippen molar-refractivity contribution in [1.82, 2.24) is 0 Å². The molecule has 0 saturated carbocycles. The third kappa shape index (κ3) is 1.98. The molecule has 2 bridgehead atoms. The first-order valence-electron chi connectivity index (χ1n) is 6.18. The molecule has 1 N–H and O–H groups in total. The molecule has 0 spiro atoms. The molecule has 6 heteroatoms. The zero-order chi connectivity index (χ0) is 14.3. The van der Waals surface area contributed by atoms with Crippen molar-refractivity contribution in [2.75, 3.05) is 5.32 Å². The minimum absolute atomic E-state index is 0.0151. The Kier molecular flexibility index (Phi) is 3.02. The molecule has 4 atom stereocenters. The van der Waals surface area contributed by atoms with Crippen LogP contribution in [0.2, 0.25) is 0 Å². The quantitative estimate of drug-likeness (QED) is 0.793. The van der Waals surface area contributed by atoms with E-state index in [2.05, 4.69) is 5.32 Å². The SMILES string of the molecule is O=C([O-])[C@@H]1[C@H](C(=O)Nc2ccccc2F)[C@@H]2C=C[C@H]1O2. The summed E-state index contributed by atoms with van der Waals surface area (Å²) >= 11 is 0. The lowest BCUT2D eigenvalue weighted by molar-refractivity contribution is -0.313. The highest BCUT2D eigenvalue weighted by Crippen LogP contribution is 2.39. The average Bonchev–Trinajstić information content (AvgIpc) is 3.01. The van der Waals surface area contributed by atoms with Gasteiger partial charge in [-0.3, -0.25) is 4.79 Å². The third-order valence-corrected chi connectivity index (χ3v) is 3.61. The van der Waals surface area contributed by atoms with E-state index in [0.717, 1.165) is 0 Å². The number of rotatable bonds is 3. The van der Waals surface area contributed by atoms with E-state index < -0.39 is 41.7 Å². The number of halogens is 1. The Bertz CT molecular complexity index is 601. The highest BCUT2D eigenvalue weighted by atomic mass is 19.1. The van der Waals surface area contributed by atoms with Gasteiger partial charge >= 0.3 is 0 Å². The first-order chi connectivity index (χ1) is 9.58. The van der Waals surface area contributed by atoms with E-state index in [4.69, 9.17) is 4.74 Å². The number of hydrogen-bond donors (Lipinski definition) is 1. The van der Waals surface area contributed by atoms with Gasteiger partial charge in [0.05, 0.1) is 23.8 Å². The Morgan fingerprint density at radius 3 is 2.45 bits per heavy atom. The van der Waals surface area contributed by atoms with Crippen molar-refractivity contribution < 1.29 is 23.8 Å². The van der Waals surface area contributed by atoms with E-state index >= 15 is 0 Å². The standard InChI is InChI=1S/C14H12FNO4/c15-7-3-1-2-4-8(7)16-13(17)11-9-5-6-10(20-9)12(11)14(18)19/h1-6,9-12H,(H,16,17)(H,18,19)/p-1/t9-,10+,11+,12-/m0/s1. The number of amides is 1. The van der Waals surface area contributed by atoms with Crippen molar-refractivity contribution in [3.8, 4) is 0 Å². The fraction of sp³-hybridized carbons (Fsp3) is 0.286. The molecule has 3 rings (SSSR count). The second-order valence-corrected chi connectivity index (χ2v) is 4.79. The summed E-state index contributed by atoms with van der Waals surface area (Å²) in [5.74, 6) is -4.45. The van der Waals surface area contributed by atoms with Crippen LogP contribution >= 0.6 is 0 Å². The number of fused-ring (bicyclic) bond motifs is 2. The van der Waals surface area contributed by atoms with Gasteiger partial charge in [0, 0.05) is 11.9 Å². The first-order valence-corrected chi connectivity index (χ1v) is 6.18. The summed E-state index contributed by atoms with van der Waals surface area (Å²) in [4.78, 5) is 23.3. The minimum atomic E-state index is -1.34. The average molecular weight is 276 g/mol. The van der Waals surface area contributed by atoms with Crippen LogP contribution in [0.15, 0.2) is 36.4 Å². The minimum Gasteiger partial charge on any atom is -0.550 e. The highest BCUT2D eigenvalue weighted by molar-refractivity contribution is 5.96. The fourth-order valence-electron chi connectivity index (χ4n) is 2.68. The summed E-state index contributed by atoms with van der Waals surface area (Å²) in [7, 11) is 0. The fourth-order valence-corrected chi connectivity index (χ4v) is 2.68. The smallest absolute Gasteiger partial charge is 0.231 e. The van der Waals surface area contributed by atoms with Crippen molar-refractivity contribution in [2.24, 2.45) is 11.8 Å². The van der Waals surface area contributed by atoms with Gasteiger partial charge in [0.1, 0.15) is 5.82 Å². The summed E-state index contributed by atoms with van der Waals surface area (Å²) in [6.07, 6.45) is 2.00. The molecule has 0 unspecified atom stereocenters. The lowest BCUT2D eigenvalue weighted by atomic mass is 9.82. The Balaban J connectivity index is 1.82. The Hall–Kier alpha value is -2.21. The molecular weight excluding hydrogens is 265 g/mol. The zero-order valence-electron chi connectivity index (χ0n) is 10.3. The second-order valence-electron chi connectivity index (χ2n) is 4.79. The van der Waals surface area contributed by atoms with Crippen LogP contribution < -0.4 is 10.4 Å². The molecule has 0 aliphatic carbocycles. The molecule has 2 aliphatic rings. The number of carbonyl (C=O) groups excluding carboxylic acids is 2. The summed E-state index contributed by atoms with van der Waals surface area (Å²) in [5, 5.41) is 13.5. The normalized spacial score (nSPS) is 30.4. The maximum atomic E-state index is 13.5. The van der Waals surface area contributed by atoms with E-state index in [-0.39, 0.29) is 5.69 Å². The number of nitrogens with one attached hydrogen (secondary N) is 1. The van der Waals surface area contributed by atoms with E-state index in [1.165, 1.54) is 18.2 Å². The van der Waals surface area contributed by atoms with Gasteiger partial charge in [-0.2, -0.15) is 0 Å². The number of benzene rings is 1. The van der Waals surface area contributed by atoms with Gasteiger partial charge in [-0.1, -0.05) is 24.3 Å². The number of carbonyl (C=O) groups is 2. The Morgan fingerprint density at radius 2 is 1.80 bits per heavy atom. The number of anilines is 1. The van der Waals surface area contributed by atoms with Gasteiger partial charge in [0.2, 0.25) is 5.91 Å². The Labute approximate surface area is 114 Å². The van der Waals surface area contributed by atoms with E-state index in [0.29, 0.717) is 0 Å². The number of para-hydroxylation sites is 1. The van der Waals surface area contributed by atoms with Gasteiger partial charge in [0.25, 0.3) is 0 Å². The first kappa shape index (κ1) is 12.8. The predicted octanol–water partition coefficient (Wildman–Crippen LogP) is 0.0837. The van der Waals surface area contributed by atoms with Crippen molar-refractivity contribution in [1.29, 1.82) is 0 Å². The van der Waals surface area contributed by atoms with Crippen LogP contribution in [0.3, 0.4) is 0 Å². The van der Waals surface area contributed by atoms with Gasteiger partial charge in [-0.05, 0) is 12.1 Å². The Morgan fingerprint density at radius 1 is 1.15 bits per heavy atom. The zero-order valence-corrected chi connectivity index (χ0v) is 10.3. The van der Waals surface area contributed by atoms with Crippen molar-refractivity contribution in [3.05, 3.63) is 42.2 Å². The third-order valence-electron chi connectivity index (χ3n) is 3.61. The molecule has 1 aromatic rings. The van der Waals surface area contributed by atoms with Crippen LogP contribution in [-0.4, -0.2) is 24.1 Å². The monoisotopic (exact) mass is 276 g/mol. The number of ether oxygens (including phenoxy) is 1. The summed E-state index contributed by atoms with van der Waals surface area (Å²) in [5.41, 5.74) is 0.0151. The van der Waals surface area contributed by atoms with Gasteiger partial charge in [-0.25, -0.2) is 4.39 Å². The maximum absolute atomic E-state index is 13.5. The van der Waals surface area contributed by atoms with Crippen molar-refractivity contribution in [3.63, 3.8) is 0 Å². The van der Waals surface area contributed by atoms with E-state index in [9.17, 15) is 19.1 Å². The summed E-state index contributed by atoms with van der Waals surface area (Å²) in [6.45, 7) is 0. The predicted molar refractivity (Wildman–Crippen MR) is 64.8 cm³/mol. The lowest BCUT2D eigenvalue weighted by Crippen LogP contribution is -2.45. The maximum Gasteiger partial charge on any atom is 0.231 e. The van der Waals surface area contributed by atoms with Crippen LogP contribution in [0.25, 0.3) is 0 Å². The second kappa shape index (κ2) is 4.72. The van der Waals surface area contributed by atoms with Gasteiger partial charge in [0.15, 0.2) is 0 Å². The number of hydrogen-bond acceptors (Lipinski definition) is 4. The van der Waals surface area contributed by atoms with Crippen molar-refractivity contribution in [2.45, 2.75) is 12.2 Å². The van der Waals surface area contributed by atoms with Crippen LogP contribution in [0, 0.1) is 17.7 Å². The summed E-state index contributed by atoms with van der Waals surface area (Å²) in [6, 6.07) is 5.69. The molecule has 1 fully saturated rings. The molecule has 1 saturated heterocycles. The molecule has 2 heterocycles. The molecule has 1 amide bonds. The molecule has 104 valence electrons. The number of carboxylic acid groups (broad SMARTS) is 1. The number of aliphatic carboxylic acids is 1. The van der Waals surface area contributed by atoms with Crippen molar-refractivity contribution >= 4 is 17.6 Å².